The van der Waals surface area contributed by atoms with Crippen molar-refractivity contribution in [1.82, 2.24) is 15.5 Å². The summed E-state index contributed by atoms with van der Waals surface area (Å²) in [6.07, 6.45) is -5.11. The second kappa shape index (κ2) is 10.9. The summed E-state index contributed by atoms with van der Waals surface area (Å²) in [6, 6.07) is 5.54. The van der Waals surface area contributed by atoms with Gasteiger partial charge in [-0.05, 0) is 38.7 Å². The summed E-state index contributed by atoms with van der Waals surface area (Å²) in [5.41, 5.74) is 0.965. The van der Waals surface area contributed by atoms with Gasteiger partial charge in [-0.1, -0.05) is 6.07 Å². The summed E-state index contributed by atoms with van der Waals surface area (Å²) in [5.74, 6) is 1.60. The molecular formula is C18H29F3N4O2. The maximum Gasteiger partial charge on any atom is 0.390 e. The summed E-state index contributed by atoms with van der Waals surface area (Å²) in [6.45, 7) is 2.56. The fourth-order valence-corrected chi connectivity index (χ4v) is 2.47. The van der Waals surface area contributed by atoms with E-state index in [4.69, 9.17) is 9.47 Å². The van der Waals surface area contributed by atoms with Crippen molar-refractivity contribution < 1.29 is 22.6 Å². The molecule has 9 heteroatoms. The van der Waals surface area contributed by atoms with Crippen molar-refractivity contribution in [2.45, 2.75) is 25.6 Å². The van der Waals surface area contributed by atoms with Gasteiger partial charge in [-0.3, -0.25) is 4.99 Å². The van der Waals surface area contributed by atoms with Gasteiger partial charge < -0.3 is 25.0 Å². The number of benzene rings is 1. The number of likely N-dealkylation sites (N-methyl/N-ethyl adjacent to an activating group) is 1. The Hall–Kier alpha value is -2.16. The van der Waals surface area contributed by atoms with Crippen LogP contribution < -0.4 is 20.1 Å². The first-order valence-corrected chi connectivity index (χ1v) is 8.69. The van der Waals surface area contributed by atoms with Crippen LogP contribution in [0.1, 0.15) is 24.9 Å². The topological polar surface area (TPSA) is 58.1 Å². The molecular weight excluding hydrogens is 361 g/mol. The number of alkyl halides is 3. The molecule has 154 valence electrons. The summed E-state index contributed by atoms with van der Waals surface area (Å²) >= 11 is 0. The highest BCUT2D eigenvalue weighted by Gasteiger charge is 2.26. The third-order valence-corrected chi connectivity index (χ3v) is 3.88. The molecule has 1 rings (SSSR count). The number of halogens is 3. The highest BCUT2D eigenvalue weighted by molar-refractivity contribution is 5.79. The van der Waals surface area contributed by atoms with Gasteiger partial charge in [0.2, 0.25) is 0 Å². The Kier molecular flexibility index (Phi) is 9.20. The van der Waals surface area contributed by atoms with Crippen LogP contribution in [0.5, 0.6) is 11.5 Å². The molecule has 0 amide bonds. The van der Waals surface area contributed by atoms with Crippen molar-refractivity contribution in [2.75, 3.05) is 47.9 Å². The van der Waals surface area contributed by atoms with Gasteiger partial charge in [-0.25, -0.2) is 0 Å². The molecule has 0 saturated heterocycles. The van der Waals surface area contributed by atoms with E-state index in [1.807, 2.05) is 44.1 Å². The third-order valence-electron chi connectivity index (χ3n) is 3.88. The largest absolute Gasteiger partial charge is 0.493 e. The summed E-state index contributed by atoms with van der Waals surface area (Å²) < 4.78 is 47.6. The highest BCUT2D eigenvalue weighted by atomic mass is 19.4. The lowest BCUT2D eigenvalue weighted by molar-refractivity contribution is -0.132. The molecule has 1 atom stereocenters. The lowest BCUT2D eigenvalue weighted by atomic mass is 10.1. The van der Waals surface area contributed by atoms with Crippen LogP contribution in [0.2, 0.25) is 0 Å². The van der Waals surface area contributed by atoms with Gasteiger partial charge >= 0.3 is 6.18 Å². The van der Waals surface area contributed by atoms with Gasteiger partial charge in [-0.15, -0.1) is 0 Å². The van der Waals surface area contributed by atoms with E-state index in [1.54, 1.807) is 14.2 Å². The molecule has 0 radical (unpaired) electrons. The number of guanidine groups is 1. The fraction of sp³-hybridized carbons (Fsp3) is 0.611. The number of aliphatic imine (C=N–C) groups is 1. The van der Waals surface area contributed by atoms with Crippen molar-refractivity contribution in [3.63, 3.8) is 0 Å². The Bertz CT molecular complexity index is 607. The van der Waals surface area contributed by atoms with Crippen molar-refractivity contribution in [2.24, 2.45) is 4.99 Å². The van der Waals surface area contributed by atoms with Crippen LogP contribution in [0.4, 0.5) is 13.2 Å². The van der Waals surface area contributed by atoms with Crippen LogP contribution >= 0.6 is 0 Å². The molecule has 1 unspecified atom stereocenters. The molecule has 2 N–H and O–H groups in total. The van der Waals surface area contributed by atoms with E-state index < -0.39 is 12.6 Å². The number of rotatable bonds is 9. The second-order valence-electron chi connectivity index (χ2n) is 6.11. The zero-order valence-electron chi connectivity index (χ0n) is 16.5. The molecule has 0 fully saturated rings. The molecule has 1 aromatic carbocycles. The molecule has 0 aliphatic rings. The molecule has 0 spiro atoms. The summed E-state index contributed by atoms with van der Waals surface area (Å²) in [5, 5.41) is 5.68. The van der Waals surface area contributed by atoms with Gasteiger partial charge in [0.15, 0.2) is 17.5 Å². The Morgan fingerprint density at radius 3 is 2.33 bits per heavy atom. The van der Waals surface area contributed by atoms with E-state index in [1.165, 1.54) is 0 Å². The number of hydrogen-bond donors (Lipinski definition) is 2. The van der Waals surface area contributed by atoms with Crippen LogP contribution in [0.3, 0.4) is 0 Å². The minimum Gasteiger partial charge on any atom is -0.493 e. The lowest BCUT2D eigenvalue weighted by Gasteiger charge is -2.24. The molecule has 0 aliphatic carbocycles. The first-order valence-electron chi connectivity index (χ1n) is 8.69. The van der Waals surface area contributed by atoms with E-state index in [2.05, 4.69) is 15.6 Å². The van der Waals surface area contributed by atoms with E-state index in [0.29, 0.717) is 30.5 Å². The number of ether oxygens (including phenoxy) is 2. The fourth-order valence-electron chi connectivity index (χ4n) is 2.47. The van der Waals surface area contributed by atoms with Crippen LogP contribution in [-0.4, -0.2) is 65.0 Å². The molecule has 0 saturated carbocycles. The molecule has 0 heterocycles. The zero-order chi connectivity index (χ0) is 20.4. The first-order chi connectivity index (χ1) is 12.7. The first kappa shape index (κ1) is 22.9. The average molecular weight is 390 g/mol. The van der Waals surface area contributed by atoms with Crippen LogP contribution in [0, 0.1) is 0 Å². The van der Waals surface area contributed by atoms with Gasteiger partial charge in [0.05, 0.1) is 33.2 Å². The minimum absolute atomic E-state index is 0.0807. The Morgan fingerprint density at radius 2 is 1.81 bits per heavy atom. The standard InChI is InChI=1S/C18H29F3N4O2/c1-6-22-17(23-10-9-18(19,20)21)24-12-14(25(2)3)13-7-8-15(26-4)16(11-13)27-5/h7-8,11,14H,6,9-10,12H2,1-5H3,(H2,22,23,24). The molecule has 6 nitrogen and oxygen atoms in total. The smallest absolute Gasteiger partial charge is 0.390 e. The molecule has 27 heavy (non-hydrogen) atoms. The number of hydrogen-bond acceptors (Lipinski definition) is 4. The number of nitrogens with one attached hydrogen (secondary N) is 2. The van der Waals surface area contributed by atoms with Crippen molar-refractivity contribution in [1.29, 1.82) is 0 Å². The quantitative estimate of drug-likeness (QED) is 0.502. The van der Waals surface area contributed by atoms with E-state index in [9.17, 15) is 13.2 Å². The normalized spacial score (nSPS) is 13.4. The predicted octanol–water partition coefficient (Wildman–Crippen LogP) is 2.81. The zero-order valence-corrected chi connectivity index (χ0v) is 16.5. The highest BCUT2D eigenvalue weighted by Crippen LogP contribution is 2.31. The van der Waals surface area contributed by atoms with E-state index >= 15 is 0 Å². The van der Waals surface area contributed by atoms with Gasteiger partial charge in [0.1, 0.15) is 0 Å². The Balaban J connectivity index is 2.91. The molecule has 1 aromatic rings. The predicted molar refractivity (Wildman–Crippen MR) is 101 cm³/mol. The molecule has 0 bridgehead atoms. The SMILES string of the molecule is CCNC(=NCC(c1ccc(OC)c(OC)c1)N(C)C)NCCC(F)(F)F. The van der Waals surface area contributed by atoms with Gasteiger partial charge in [0, 0.05) is 13.1 Å². The number of methoxy groups -OCH3 is 2. The van der Waals surface area contributed by atoms with Crippen LogP contribution in [-0.2, 0) is 0 Å². The molecule has 0 aliphatic heterocycles. The maximum atomic E-state index is 12.3. The Labute approximate surface area is 158 Å². The summed E-state index contributed by atoms with van der Waals surface area (Å²) in [4.78, 5) is 6.43. The number of nitrogens with zero attached hydrogens (tertiary/aromatic N) is 2. The van der Waals surface area contributed by atoms with Gasteiger partial charge in [-0.2, -0.15) is 13.2 Å². The van der Waals surface area contributed by atoms with E-state index in [-0.39, 0.29) is 12.6 Å². The second-order valence-corrected chi connectivity index (χ2v) is 6.11. The monoisotopic (exact) mass is 390 g/mol. The average Bonchev–Trinajstić information content (AvgIpc) is 2.60. The van der Waals surface area contributed by atoms with Crippen molar-refractivity contribution >= 4 is 5.96 Å². The maximum absolute atomic E-state index is 12.3. The van der Waals surface area contributed by atoms with Crippen LogP contribution in [0.15, 0.2) is 23.2 Å². The molecule has 0 aromatic heterocycles. The Morgan fingerprint density at radius 1 is 1.15 bits per heavy atom. The summed E-state index contributed by atoms with van der Waals surface area (Å²) in [7, 11) is 6.97. The van der Waals surface area contributed by atoms with Crippen LogP contribution in [0.25, 0.3) is 0 Å². The lowest BCUT2D eigenvalue weighted by Crippen LogP contribution is -2.39. The minimum atomic E-state index is -4.20. The van der Waals surface area contributed by atoms with Crippen molar-refractivity contribution in [3.8, 4) is 11.5 Å². The third kappa shape index (κ3) is 7.94. The van der Waals surface area contributed by atoms with Gasteiger partial charge in [0.25, 0.3) is 0 Å². The van der Waals surface area contributed by atoms with Crippen molar-refractivity contribution in [3.05, 3.63) is 23.8 Å². The van der Waals surface area contributed by atoms with E-state index in [0.717, 1.165) is 5.56 Å².